The van der Waals surface area contributed by atoms with Gasteiger partial charge in [-0.05, 0) is 5.53 Å². The lowest BCUT2D eigenvalue weighted by Crippen LogP contribution is -2.12. The highest BCUT2D eigenvalue weighted by Crippen LogP contribution is 2.26. The first-order valence-electron chi connectivity index (χ1n) is 2.89. The Balaban J connectivity index is 3.02. The number of methoxy groups -OCH3 is 1. The molecule has 1 atom stereocenters. The SMILES string of the molecule is CO[C@@H]1OC(=O)C(Cl)=C1N=[N+]=[N-]. The van der Waals surface area contributed by atoms with Crippen LogP contribution in [0.25, 0.3) is 10.4 Å². The predicted octanol–water partition coefficient (Wildman–Crippen LogP) is 1.28. The van der Waals surface area contributed by atoms with Crippen LogP contribution in [0.1, 0.15) is 0 Å². The van der Waals surface area contributed by atoms with Crippen molar-refractivity contribution in [2.45, 2.75) is 6.29 Å². The van der Waals surface area contributed by atoms with Crippen molar-refractivity contribution in [1.82, 2.24) is 0 Å². The molecular weight excluding hydrogens is 186 g/mol. The van der Waals surface area contributed by atoms with Gasteiger partial charge in [-0.25, -0.2) is 4.79 Å². The fourth-order valence-electron chi connectivity index (χ4n) is 0.712. The second-order valence-corrected chi connectivity index (χ2v) is 2.24. The van der Waals surface area contributed by atoms with Crippen molar-refractivity contribution in [2.75, 3.05) is 7.11 Å². The van der Waals surface area contributed by atoms with Gasteiger partial charge in [-0.15, -0.1) is 0 Å². The third-order valence-electron chi connectivity index (χ3n) is 1.21. The van der Waals surface area contributed by atoms with Gasteiger partial charge in [0.15, 0.2) is 0 Å². The van der Waals surface area contributed by atoms with Gasteiger partial charge in [0.05, 0.1) is 0 Å². The van der Waals surface area contributed by atoms with E-state index in [9.17, 15) is 4.79 Å². The van der Waals surface area contributed by atoms with Gasteiger partial charge in [0.25, 0.3) is 0 Å². The highest BCUT2D eigenvalue weighted by Gasteiger charge is 2.32. The Morgan fingerprint density at radius 3 is 3.00 bits per heavy atom. The van der Waals surface area contributed by atoms with Gasteiger partial charge in [0, 0.05) is 12.0 Å². The minimum atomic E-state index is -0.985. The summed E-state index contributed by atoms with van der Waals surface area (Å²) in [5.74, 6) is -0.745. The molecule has 0 bridgehead atoms. The second-order valence-electron chi connectivity index (χ2n) is 1.86. The molecule has 1 aliphatic heterocycles. The summed E-state index contributed by atoms with van der Waals surface area (Å²) in [6.45, 7) is 0. The highest BCUT2D eigenvalue weighted by molar-refractivity contribution is 6.42. The van der Waals surface area contributed by atoms with Crippen LogP contribution < -0.4 is 0 Å². The molecule has 0 radical (unpaired) electrons. The average molecular weight is 190 g/mol. The Labute approximate surface area is 72.3 Å². The molecule has 64 valence electrons. The Morgan fingerprint density at radius 1 is 1.83 bits per heavy atom. The molecule has 0 spiro atoms. The molecule has 0 saturated heterocycles. The summed E-state index contributed by atoms with van der Waals surface area (Å²) in [7, 11) is 1.31. The summed E-state index contributed by atoms with van der Waals surface area (Å²) in [5, 5.41) is 2.93. The Hall–Kier alpha value is -1.23. The summed E-state index contributed by atoms with van der Waals surface area (Å²) in [6.07, 6.45) is -0.985. The van der Waals surface area contributed by atoms with Crippen LogP contribution in [0.5, 0.6) is 0 Å². The number of cyclic esters (lactones) is 1. The molecule has 1 aliphatic rings. The van der Waals surface area contributed by atoms with Crippen molar-refractivity contribution < 1.29 is 14.3 Å². The number of azide groups is 1. The van der Waals surface area contributed by atoms with Crippen LogP contribution in [0, 0.1) is 0 Å². The van der Waals surface area contributed by atoms with Crippen LogP contribution in [0.3, 0.4) is 0 Å². The normalized spacial score (nSPS) is 22.2. The number of rotatable bonds is 2. The van der Waals surface area contributed by atoms with Crippen molar-refractivity contribution in [3.05, 3.63) is 21.2 Å². The van der Waals surface area contributed by atoms with Crippen molar-refractivity contribution in [1.29, 1.82) is 0 Å². The molecule has 0 unspecified atom stereocenters. The van der Waals surface area contributed by atoms with Crippen molar-refractivity contribution in [2.24, 2.45) is 5.11 Å². The number of halogens is 1. The first-order valence-corrected chi connectivity index (χ1v) is 3.27. The Bertz CT molecular complexity index is 294. The number of carbonyl (C=O) groups is 1. The number of ether oxygens (including phenoxy) is 2. The quantitative estimate of drug-likeness (QED) is 0.284. The van der Waals surface area contributed by atoms with Crippen molar-refractivity contribution >= 4 is 17.6 Å². The molecule has 1 heterocycles. The van der Waals surface area contributed by atoms with Gasteiger partial charge >= 0.3 is 5.97 Å². The van der Waals surface area contributed by atoms with E-state index in [0.29, 0.717) is 0 Å². The zero-order chi connectivity index (χ0) is 9.14. The minimum Gasteiger partial charge on any atom is -0.427 e. The standard InChI is InChI=1S/C5H4ClN3O3/c1-11-5-3(8-9-7)2(6)4(10)12-5/h5H,1H3/t5-/m1/s1. The van der Waals surface area contributed by atoms with Gasteiger partial charge in [-0.1, -0.05) is 16.7 Å². The van der Waals surface area contributed by atoms with Gasteiger partial charge in [0.1, 0.15) is 10.7 Å². The minimum absolute atomic E-state index is 0.0355. The van der Waals surface area contributed by atoms with E-state index in [4.69, 9.17) is 17.1 Å². The van der Waals surface area contributed by atoms with E-state index in [0.717, 1.165) is 0 Å². The molecule has 7 heteroatoms. The Morgan fingerprint density at radius 2 is 2.50 bits per heavy atom. The third-order valence-corrected chi connectivity index (χ3v) is 1.56. The van der Waals surface area contributed by atoms with Crippen LogP contribution in [0.4, 0.5) is 0 Å². The van der Waals surface area contributed by atoms with E-state index in [1.807, 2.05) is 0 Å². The maximum atomic E-state index is 10.8. The molecular formula is C5H4ClN3O3. The molecule has 0 amide bonds. The summed E-state index contributed by atoms with van der Waals surface area (Å²) in [5.41, 5.74) is 8.05. The van der Waals surface area contributed by atoms with Crippen LogP contribution in [-0.2, 0) is 14.3 Å². The van der Waals surface area contributed by atoms with Crippen LogP contribution in [0.2, 0.25) is 0 Å². The first-order chi connectivity index (χ1) is 5.70. The van der Waals surface area contributed by atoms with Gasteiger partial charge < -0.3 is 9.47 Å². The lowest BCUT2D eigenvalue weighted by Gasteiger charge is -2.06. The number of hydrogen-bond donors (Lipinski definition) is 0. The largest absolute Gasteiger partial charge is 0.427 e. The molecule has 0 fully saturated rings. The monoisotopic (exact) mass is 189 g/mol. The molecule has 0 aromatic heterocycles. The van der Waals surface area contributed by atoms with E-state index < -0.39 is 12.3 Å². The summed E-state index contributed by atoms with van der Waals surface area (Å²) in [4.78, 5) is 13.2. The number of hydrogen-bond acceptors (Lipinski definition) is 4. The smallest absolute Gasteiger partial charge is 0.352 e. The van der Waals surface area contributed by atoms with Crippen LogP contribution in [0.15, 0.2) is 15.8 Å². The highest BCUT2D eigenvalue weighted by atomic mass is 35.5. The fourth-order valence-corrected chi connectivity index (χ4v) is 0.883. The summed E-state index contributed by atoms with van der Waals surface area (Å²) < 4.78 is 9.22. The fraction of sp³-hybridized carbons (Fsp3) is 0.400. The third kappa shape index (κ3) is 1.35. The number of esters is 1. The van der Waals surface area contributed by atoms with Crippen LogP contribution in [-0.4, -0.2) is 19.4 Å². The van der Waals surface area contributed by atoms with E-state index in [1.54, 1.807) is 0 Å². The predicted molar refractivity (Wildman–Crippen MR) is 38.9 cm³/mol. The number of nitrogens with zero attached hydrogens (tertiary/aromatic N) is 3. The van der Waals surface area contributed by atoms with E-state index in [2.05, 4.69) is 19.5 Å². The maximum Gasteiger partial charge on any atom is 0.352 e. The zero-order valence-electron chi connectivity index (χ0n) is 6.02. The van der Waals surface area contributed by atoms with Gasteiger partial charge in [0.2, 0.25) is 6.29 Å². The van der Waals surface area contributed by atoms with Crippen LogP contribution >= 0.6 is 11.6 Å². The van der Waals surface area contributed by atoms with Gasteiger partial charge in [-0.2, -0.15) is 0 Å². The topological polar surface area (TPSA) is 84.3 Å². The van der Waals surface area contributed by atoms with Crippen molar-refractivity contribution in [3.8, 4) is 0 Å². The van der Waals surface area contributed by atoms with Crippen molar-refractivity contribution in [3.63, 3.8) is 0 Å². The lowest BCUT2D eigenvalue weighted by atomic mass is 10.4. The molecule has 0 aromatic carbocycles. The lowest BCUT2D eigenvalue weighted by molar-refractivity contribution is -0.155. The summed E-state index contributed by atoms with van der Waals surface area (Å²) in [6, 6.07) is 0. The molecule has 0 aromatic rings. The molecule has 0 aliphatic carbocycles. The van der Waals surface area contributed by atoms with E-state index >= 15 is 0 Å². The molecule has 0 saturated carbocycles. The first kappa shape index (κ1) is 8.86. The molecule has 1 rings (SSSR count). The zero-order valence-corrected chi connectivity index (χ0v) is 6.78. The molecule has 6 nitrogen and oxygen atoms in total. The summed E-state index contributed by atoms with van der Waals surface area (Å²) >= 11 is 5.44. The maximum absolute atomic E-state index is 10.8. The molecule has 12 heavy (non-hydrogen) atoms. The van der Waals surface area contributed by atoms with E-state index in [-0.39, 0.29) is 10.7 Å². The average Bonchev–Trinajstić information content (AvgIpc) is 2.33. The number of carbonyl (C=O) groups excluding carboxylic acids is 1. The second kappa shape index (κ2) is 3.44. The van der Waals surface area contributed by atoms with Gasteiger partial charge in [-0.3, -0.25) is 0 Å². The molecule has 0 N–H and O–H groups in total. The Kier molecular flexibility index (Phi) is 2.54. The van der Waals surface area contributed by atoms with E-state index in [1.165, 1.54) is 7.11 Å².